The Morgan fingerprint density at radius 1 is 1.25 bits per heavy atom. The predicted octanol–water partition coefficient (Wildman–Crippen LogP) is 3.70. The molecule has 0 atom stereocenters. The van der Waals surface area contributed by atoms with Crippen LogP contribution in [0.3, 0.4) is 0 Å². The largest absolute Gasteiger partial charge is 0.371 e. The molecule has 0 aliphatic carbocycles. The Bertz CT molecular complexity index is 340. The average molecular weight is 221 g/mol. The van der Waals surface area contributed by atoms with Crippen LogP contribution in [0.4, 0.5) is 10.1 Å². The van der Waals surface area contributed by atoms with Gasteiger partial charge in [0.1, 0.15) is 5.82 Å². The van der Waals surface area contributed by atoms with Gasteiger partial charge in [-0.05, 0) is 42.9 Å². The van der Waals surface area contributed by atoms with Gasteiger partial charge in [-0.3, -0.25) is 0 Å². The van der Waals surface area contributed by atoms with E-state index < -0.39 is 0 Å². The van der Waals surface area contributed by atoms with Gasteiger partial charge < -0.3 is 4.90 Å². The van der Waals surface area contributed by atoms with E-state index >= 15 is 0 Å². The second-order valence-electron chi connectivity index (χ2n) is 5.05. The van der Waals surface area contributed by atoms with Crippen LogP contribution in [0.25, 0.3) is 0 Å². The SMILES string of the molecule is CC(C)C1CCN(c2cccc(F)c2)CC1. The van der Waals surface area contributed by atoms with Gasteiger partial charge in [0.25, 0.3) is 0 Å². The quantitative estimate of drug-likeness (QED) is 0.736. The molecule has 1 aliphatic rings. The van der Waals surface area contributed by atoms with E-state index in [-0.39, 0.29) is 5.82 Å². The van der Waals surface area contributed by atoms with Gasteiger partial charge in [0.05, 0.1) is 0 Å². The van der Waals surface area contributed by atoms with E-state index in [9.17, 15) is 4.39 Å². The topological polar surface area (TPSA) is 3.24 Å². The third-order valence-corrected chi connectivity index (χ3v) is 3.66. The van der Waals surface area contributed by atoms with Gasteiger partial charge in [-0.15, -0.1) is 0 Å². The van der Waals surface area contributed by atoms with Gasteiger partial charge in [-0.1, -0.05) is 19.9 Å². The van der Waals surface area contributed by atoms with Crippen molar-refractivity contribution in [3.63, 3.8) is 0 Å². The molecule has 0 radical (unpaired) electrons. The summed E-state index contributed by atoms with van der Waals surface area (Å²) in [5.41, 5.74) is 1.03. The lowest BCUT2D eigenvalue weighted by Crippen LogP contribution is -2.35. The second kappa shape index (κ2) is 4.86. The number of rotatable bonds is 2. The van der Waals surface area contributed by atoms with Crippen molar-refractivity contribution < 1.29 is 4.39 Å². The first-order chi connectivity index (χ1) is 7.66. The van der Waals surface area contributed by atoms with Crippen molar-refractivity contribution >= 4 is 5.69 Å². The fourth-order valence-electron chi connectivity index (χ4n) is 2.50. The van der Waals surface area contributed by atoms with Gasteiger partial charge in [-0.2, -0.15) is 0 Å². The maximum absolute atomic E-state index is 13.1. The van der Waals surface area contributed by atoms with Crippen LogP contribution in [-0.2, 0) is 0 Å². The third-order valence-electron chi connectivity index (χ3n) is 3.66. The predicted molar refractivity (Wildman–Crippen MR) is 66.2 cm³/mol. The lowest BCUT2D eigenvalue weighted by atomic mass is 9.86. The molecule has 0 N–H and O–H groups in total. The normalized spacial score (nSPS) is 18.1. The van der Waals surface area contributed by atoms with Gasteiger partial charge >= 0.3 is 0 Å². The minimum absolute atomic E-state index is 0.136. The molecule has 16 heavy (non-hydrogen) atoms. The molecule has 0 saturated carbocycles. The van der Waals surface area contributed by atoms with Crippen molar-refractivity contribution in [3.05, 3.63) is 30.1 Å². The Labute approximate surface area is 97.3 Å². The van der Waals surface area contributed by atoms with Gasteiger partial charge in [0, 0.05) is 18.8 Å². The van der Waals surface area contributed by atoms with Gasteiger partial charge in [-0.25, -0.2) is 4.39 Å². The molecule has 2 rings (SSSR count). The highest BCUT2D eigenvalue weighted by Gasteiger charge is 2.21. The Hall–Kier alpha value is -1.05. The maximum atomic E-state index is 13.1. The van der Waals surface area contributed by atoms with Crippen LogP contribution < -0.4 is 4.90 Å². The first-order valence-electron chi connectivity index (χ1n) is 6.17. The van der Waals surface area contributed by atoms with Crippen LogP contribution in [0.2, 0.25) is 0 Å². The zero-order valence-electron chi connectivity index (χ0n) is 10.1. The Morgan fingerprint density at radius 2 is 1.94 bits per heavy atom. The zero-order valence-corrected chi connectivity index (χ0v) is 10.1. The molecular formula is C14H20FN. The Kier molecular flexibility index (Phi) is 3.47. The van der Waals surface area contributed by atoms with Crippen molar-refractivity contribution in [1.82, 2.24) is 0 Å². The Morgan fingerprint density at radius 3 is 2.50 bits per heavy atom. The highest BCUT2D eigenvalue weighted by Crippen LogP contribution is 2.27. The Balaban J connectivity index is 1.99. The van der Waals surface area contributed by atoms with Crippen molar-refractivity contribution in [2.24, 2.45) is 11.8 Å². The number of benzene rings is 1. The standard InChI is InChI=1S/C14H20FN/c1-11(2)12-6-8-16(9-7-12)14-5-3-4-13(15)10-14/h3-5,10-12H,6-9H2,1-2H3. The van der Waals surface area contributed by atoms with E-state index in [4.69, 9.17) is 0 Å². The fraction of sp³-hybridized carbons (Fsp3) is 0.571. The summed E-state index contributed by atoms with van der Waals surface area (Å²) >= 11 is 0. The molecule has 1 aliphatic heterocycles. The molecule has 0 spiro atoms. The highest BCUT2D eigenvalue weighted by molar-refractivity contribution is 5.46. The van der Waals surface area contributed by atoms with Crippen molar-refractivity contribution in [3.8, 4) is 0 Å². The zero-order chi connectivity index (χ0) is 11.5. The monoisotopic (exact) mass is 221 g/mol. The number of nitrogens with zero attached hydrogens (tertiary/aromatic N) is 1. The van der Waals surface area contributed by atoms with Crippen LogP contribution in [0, 0.1) is 17.7 Å². The second-order valence-corrected chi connectivity index (χ2v) is 5.05. The highest BCUT2D eigenvalue weighted by atomic mass is 19.1. The van der Waals surface area contributed by atoms with Crippen LogP contribution in [0.15, 0.2) is 24.3 Å². The van der Waals surface area contributed by atoms with E-state index in [1.807, 2.05) is 6.07 Å². The molecule has 88 valence electrons. The van der Waals surface area contributed by atoms with Crippen LogP contribution in [-0.4, -0.2) is 13.1 Å². The van der Waals surface area contributed by atoms with Crippen LogP contribution in [0.1, 0.15) is 26.7 Å². The molecule has 0 unspecified atom stereocenters. The molecule has 2 heteroatoms. The minimum Gasteiger partial charge on any atom is -0.371 e. The lowest BCUT2D eigenvalue weighted by molar-refractivity contribution is 0.311. The van der Waals surface area contributed by atoms with Crippen LogP contribution >= 0.6 is 0 Å². The van der Waals surface area contributed by atoms with E-state index in [0.29, 0.717) is 0 Å². The first kappa shape index (κ1) is 11.4. The smallest absolute Gasteiger partial charge is 0.125 e. The van der Waals surface area contributed by atoms with Crippen molar-refractivity contribution in [2.75, 3.05) is 18.0 Å². The molecule has 0 aromatic heterocycles. The fourth-order valence-corrected chi connectivity index (χ4v) is 2.50. The third kappa shape index (κ3) is 2.55. The number of hydrogen-bond donors (Lipinski definition) is 0. The van der Waals surface area contributed by atoms with Crippen LogP contribution in [0.5, 0.6) is 0 Å². The van der Waals surface area contributed by atoms with E-state index in [1.165, 1.54) is 18.9 Å². The van der Waals surface area contributed by atoms with E-state index in [2.05, 4.69) is 18.7 Å². The summed E-state index contributed by atoms with van der Waals surface area (Å²) < 4.78 is 13.1. The van der Waals surface area contributed by atoms with Crippen molar-refractivity contribution in [1.29, 1.82) is 0 Å². The van der Waals surface area contributed by atoms with Crippen molar-refractivity contribution in [2.45, 2.75) is 26.7 Å². The summed E-state index contributed by atoms with van der Waals surface area (Å²) in [4.78, 5) is 2.29. The average Bonchev–Trinajstić information content (AvgIpc) is 2.29. The summed E-state index contributed by atoms with van der Waals surface area (Å²) in [5.74, 6) is 1.47. The number of hydrogen-bond acceptors (Lipinski definition) is 1. The first-order valence-corrected chi connectivity index (χ1v) is 6.17. The van der Waals surface area contributed by atoms with Gasteiger partial charge in [0.2, 0.25) is 0 Å². The summed E-state index contributed by atoms with van der Waals surface area (Å²) in [6.45, 7) is 6.71. The maximum Gasteiger partial charge on any atom is 0.125 e. The van der Waals surface area contributed by atoms with E-state index in [1.54, 1.807) is 12.1 Å². The number of halogens is 1. The molecular weight excluding hydrogens is 201 g/mol. The number of piperidine rings is 1. The summed E-state index contributed by atoms with van der Waals surface area (Å²) in [6, 6.07) is 6.93. The van der Waals surface area contributed by atoms with Gasteiger partial charge in [0.15, 0.2) is 0 Å². The lowest BCUT2D eigenvalue weighted by Gasteiger charge is -2.35. The van der Waals surface area contributed by atoms with E-state index in [0.717, 1.165) is 30.6 Å². The molecule has 1 heterocycles. The number of anilines is 1. The molecule has 0 amide bonds. The molecule has 1 nitrogen and oxygen atoms in total. The molecule has 1 aromatic carbocycles. The molecule has 1 aromatic rings. The summed E-state index contributed by atoms with van der Waals surface area (Å²) in [6.07, 6.45) is 2.46. The molecule has 1 fully saturated rings. The summed E-state index contributed by atoms with van der Waals surface area (Å²) in [7, 11) is 0. The molecule has 0 bridgehead atoms. The molecule has 1 saturated heterocycles. The minimum atomic E-state index is -0.136. The summed E-state index contributed by atoms with van der Waals surface area (Å²) in [5, 5.41) is 0.